The molecule has 1 fully saturated rings. The number of hydrogen-bond donors (Lipinski definition) is 1. The molecule has 6 nitrogen and oxygen atoms in total. The third-order valence-electron chi connectivity index (χ3n) is 6.51. The summed E-state index contributed by atoms with van der Waals surface area (Å²) >= 11 is 0. The quantitative estimate of drug-likeness (QED) is 0.407. The van der Waals surface area contributed by atoms with Gasteiger partial charge in [-0.3, -0.25) is 9.59 Å². The number of carbonyl (C=O) groups excluding carboxylic acids is 1. The first-order chi connectivity index (χ1) is 16.7. The Kier molecular flexibility index (Phi) is 8.23. The molecular formula is C28H34N2O4. The van der Waals surface area contributed by atoms with Crippen LogP contribution in [0.1, 0.15) is 57.4 Å². The lowest BCUT2D eigenvalue weighted by atomic mass is 9.94. The predicted molar refractivity (Wildman–Crippen MR) is 134 cm³/mol. The summed E-state index contributed by atoms with van der Waals surface area (Å²) in [6.45, 7) is 3.65. The summed E-state index contributed by atoms with van der Waals surface area (Å²) in [7, 11) is 0. The minimum Gasteiger partial charge on any atom is -0.490 e. The Hall–Kier alpha value is -3.28. The maximum absolute atomic E-state index is 12.8. The molecule has 4 rings (SSSR count). The van der Waals surface area contributed by atoms with Crippen molar-refractivity contribution in [3.05, 3.63) is 70.5 Å². The summed E-state index contributed by atoms with van der Waals surface area (Å²) in [5.41, 5.74) is 1.58. The molecule has 2 aromatic carbocycles. The van der Waals surface area contributed by atoms with Gasteiger partial charge in [-0.2, -0.15) is 0 Å². The fraction of sp³-hybridized carbons (Fsp3) is 0.429. The van der Waals surface area contributed by atoms with Crippen molar-refractivity contribution >= 4 is 16.8 Å². The Labute approximate surface area is 200 Å². The smallest absolute Gasteiger partial charge is 0.248 e. The van der Waals surface area contributed by atoms with Gasteiger partial charge in [0.2, 0.25) is 11.5 Å². The number of aromatic nitrogens is 1. The van der Waals surface area contributed by atoms with Crippen LogP contribution < -0.4 is 15.0 Å². The number of pyridine rings is 1. The van der Waals surface area contributed by atoms with Gasteiger partial charge < -0.3 is 19.4 Å². The van der Waals surface area contributed by atoms with Gasteiger partial charge in [0.05, 0.1) is 12.1 Å². The molecule has 1 saturated carbocycles. The van der Waals surface area contributed by atoms with Crippen molar-refractivity contribution in [2.24, 2.45) is 0 Å². The molecule has 34 heavy (non-hydrogen) atoms. The van der Waals surface area contributed by atoms with E-state index < -0.39 is 0 Å². The van der Waals surface area contributed by atoms with Crippen LogP contribution in [0, 0.1) is 0 Å². The fourth-order valence-electron chi connectivity index (χ4n) is 4.76. The number of H-pyrrole nitrogens is 1. The Morgan fingerprint density at radius 1 is 1.00 bits per heavy atom. The highest BCUT2D eigenvalue weighted by atomic mass is 16.5. The fourth-order valence-corrected chi connectivity index (χ4v) is 4.76. The van der Waals surface area contributed by atoms with Crippen molar-refractivity contribution in [1.29, 1.82) is 0 Å². The first-order valence-electron chi connectivity index (χ1n) is 12.4. The molecule has 0 bridgehead atoms. The number of aromatic amines is 1. The summed E-state index contributed by atoms with van der Waals surface area (Å²) in [5.74, 6) is 1.43. The number of ether oxygens (including phenoxy) is 2. The Morgan fingerprint density at radius 2 is 1.79 bits per heavy atom. The number of rotatable bonds is 10. The zero-order valence-electron chi connectivity index (χ0n) is 19.9. The molecular weight excluding hydrogens is 428 g/mol. The van der Waals surface area contributed by atoms with E-state index in [-0.39, 0.29) is 11.5 Å². The van der Waals surface area contributed by atoms with E-state index in [2.05, 4.69) is 16.8 Å². The molecule has 0 radical (unpaired) electrons. The molecule has 1 heterocycles. The van der Waals surface area contributed by atoms with Gasteiger partial charge in [-0.05, 0) is 49.9 Å². The zero-order valence-corrected chi connectivity index (χ0v) is 19.9. The van der Waals surface area contributed by atoms with Crippen molar-refractivity contribution < 1.29 is 14.3 Å². The van der Waals surface area contributed by atoms with Gasteiger partial charge in [0.25, 0.3) is 0 Å². The van der Waals surface area contributed by atoms with Crippen LogP contribution in [0.25, 0.3) is 10.9 Å². The van der Waals surface area contributed by atoms with Gasteiger partial charge in [-0.1, -0.05) is 49.6 Å². The van der Waals surface area contributed by atoms with Crippen molar-refractivity contribution in [1.82, 2.24) is 9.88 Å². The second-order valence-corrected chi connectivity index (χ2v) is 8.87. The van der Waals surface area contributed by atoms with Crippen molar-refractivity contribution in [2.75, 3.05) is 13.2 Å². The number of amides is 1. The maximum Gasteiger partial charge on any atom is 0.248 e. The molecule has 0 unspecified atom stereocenters. The Bertz CT molecular complexity index is 1140. The van der Waals surface area contributed by atoms with Crippen LogP contribution >= 0.6 is 0 Å². The van der Waals surface area contributed by atoms with Crippen LogP contribution in [0.15, 0.2) is 59.4 Å². The third-order valence-corrected chi connectivity index (χ3v) is 6.51. The lowest BCUT2D eigenvalue weighted by molar-refractivity contribution is -0.134. The van der Waals surface area contributed by atoms with Crippen molar-refractivity contribution in [2.45, 2.75) is 64.5 Å². The summed E-state index contributed by atoms with van der Waals surface area (Å²) in [5, 5.41) is 0.790. The predicted octanol–water partition coefficient (Wildman–Crippen LogP) is 5.45. The van der Waals surface area contributed by atoms with Gasteiger partial charge in [0.15, 0.2) is 11.5 Å². The maximum atomic E-state index is 12.8. The molecule has 3 aromatic rings. The van der Waals surface area contributed by atoms with Gasteiger partial charge in [0, 0.05) is 30.5 Å². The van der Waals surface area contributed by atoms with Crippen LogP contribution in [0.2, 0.25) is 0 Å². The summed E-state index contributed by atoms with van der Waals surface area (Å²) in [6, 6.07) is 17.2. The highest BCUT2D eigenvalue weighted by molar-refractivity contribution is 5.87. The average molecular weight is 463 g/mol. The molecule has 0 aliphatic heterocycles. The second kappa shape index (κ2) is 11.7. The SMILES string of the molecule is CCN(C(=O)CCCOc1ccc2[nH]c(=O)ccc2c1OCc1ccccc1)C1CCCCC1. The molecule has 1 N–H and O–H groups in total. The largest absolute Gasteiger partial charge is 0.490 e. The van der Waals surface area contributed by atoms with Crippen LogP contribution in [0.3, 0.4) is 0 Å². The van der Waals surface area contributed by atoms with Gasteiger partial charge >= 0.3 is 0 Å². The molecule has 1 aromatic heterocycles. The summed E-state index contributed by atoms with van der Waals surface area (Å²) in [6.07, 6.45) is 7.08. The molecule has 0 saturated heterocycles. The number of hydrogen-bond acceptors (Lipinski definition) is 4. The molecule has 180 valence electrons. The zero-order chi connectivity index (χ0) is 23.8. The Balaban J connectivity index is 1.41. The third kappa shape index (κ3) is 5.99. The molecule has 1 aliphatic rings. The van der Waals surface area contributed by atoms with Crippen LogP contribution in [0.5, 0.6) is 11.5 Å². The van der Waals surface area contributed by atoms with E-state index in [4.69, 9.17) is 9.47 Å². The number of fused-ring (bicyclic) bond motifs is 1. The minimum atomic E-state index is -0.160. The van der Waals surface area contributed by atoms with Crippen LogP contribution in [-0.4, -0.2) is 35.0 Å². The normalized spacial score (nSPS) is 14.1. The van der Waals surface area contributed by atoms with Gasteiger partial charge in [0.1, 0.15) is 6.61 Å². The van der Waals surface area contributed by atoms with E-state index in [0.29, 0.717) is 49.1 Å². The monoisotopic (exact) mass is 462 g/mol. The van der Waals surface area contributed by atoms with Crippen molar-refractivity contribution in [3.63, 3.8) is 0 Å². The highest BCUT2D eigenvalue weighted by Gasteiger charge is 2.23. The number of nitrogens with zero attached hydrogens (tertiary/aromatic N) is 1. The Morgan fingerprint density at radius 3 is 2.56 bits per heavy atom. The average Bonchev–Trinajstić information content (AvgIpc) is 2.87. The molecule has 1 aliphatic carbocycles. The van der Waals surface area contributed by atoms with E-state index in [1.165, 1.54) is 25.3 Å². The van der Waals surface area contributed by atoms with Gasteiger partial charge in [-0.25, -0.2) is 0 Å². The highest BCUT2D eigenvalue weighted by Crippen LogP contribution is 2.35. The van der Waals surface area contributed by atoms with E-state index in [9.17, 15) is 9.59 Å². The number of benzene rings is 2. The van der Waals surface area contributed by atoms with E-state index in [1.807, 2.05) is 42.5 Å². The molecule has 0 atom stereocenters. The van der Waals surface area contributed by atoms with E-state index >= 15 is 0 Å². The minimum absolute atomic E-state index is 0.160. The first kappa shape index (κ1) is 23.9. The number of nitrogens with one attached hydrogen (secondary N) is 1. The standard InChI is InChI=1S/C28H34N2O4/c1-2-30(22-12-7-4-8-13-22)27(32)14-9-19-33-25-17-16-24-23(15-18-26(31)29-24)28(25)34-20-21-10-5-3-6-11-21/h3,5-6,10-11,15-18,22H,2,4,7-9,12-14,19-20H2,1H3,(H,29,31). The van der Waals surface area contributed by atoms with Crippen LogP contribution in [0.4, 0.5) is 0 Å². The summed E-state index contributed by atoms with van der Waals surface area (Å²) < 4.78 is 12.3. The van der Waals surface area contributed by atoms with Gasteiger partial charge in [-0.15, -0.1) is 0 Å². The number of carbonyl (C=O) groups is 1. The molecule has 6 heteroatoms. The molecule has 0 spiro atoms. The topological polar surface area (TPSA) is 71.6 Å². The second-order valence-electron chi connectivity index (χ2n) is 8.87. The summed E-state index contributed by atoms with van der Waals surface area (Å²) in [4.78, 5) is 29.5. The van der Waals surface area contributed by atoms with Crippen LogP contribution in [-0.2, 0) is 11.4 Å². The molecule has 1 amide bonds. The lowest BCUT2D eigenvalue weighted by Crippen LogP contribution is -2.41. The lowest BCUT2D eigenvalue weighted by Gasteiger charge is -2.33. The first-order valence-corrected chi connectivity index (χ1v) is 12.4. The van der Waals surface area contributed by atoms with Crippen molar-refractivity contribution in [3.8, 4) is 11.5 Å². The van der Waals surface area contributed by atoms with E-state index in [1.54, 1.807) is 6.07 Å². The van der Waals surface area contributed by atoms with E-state index in [0.717, 1.165) is 30.3 Å².